The Morgan fingerprint density at radius 3 is 1.50 bits per heavy atom. The number of hydrogen-bond donors (Lipinski definition) is 0. The number of ether oxygens (including phenoxy) is 2. The lowest BCUT2D eigenvalue weighted by Crippen LogP contribution is -2.31. The van der Waals surface area contributed by atoms with Crippen molar-refractivity contribution in [3.8, 4) is 0 Å². The third kappa shape index (κ3) is 6.47. The zero-order valence-corrected chi connectivity index (χ0v) is 9.07. The minimum Gasteiger partial charge on any atom is -0.368 e. The quantitative estimate of drug-likeness (QED) is 0.526. The molecule has 0 aromatic carbocycles. The Balaban J connectivity index is 4.17. The molecule has 0 aliphatic rings. The van der Waals surface area contributed by atoms with E-state index in [1.54, 1.807) is 0 Å². The fourth-order valence-corrected chi connectivity index (χ4v) is 0.949. The van der Waals surface area contributed by atoms with Crippen molar-refractivity contribution in [2.75, 3.05) is 0 Å². The molecule has 3 nitrogen and oxygen atoms in total. The van der Waals surface area contributed by atoms with Crippen molar-refractivity contribution in [1.82, 2.24) is 0 Å². The molecule has 96 valence electrons. The van der Waals surface area contributed by atoms with Gasteiger partial charge in [0.05, 0.1) is 12.8 Å². The molecule has 0 aliphatic heterocycles. The highest BCUT2D eigenvalue weighted by Crippen LogP contribution is 2.26. The second-order valence-electron chi connectivity index (χ2n) is 3.23. The second kappa shape index (κ2) is 5.91. The molecule has 16 heavy (non-hydrogen) atoms. The molecule has 0 radical (unpaired) electrons. The highest BCUT2D eigenvalue weighted by atomic mass is 19.3. The molecule has 0 saturated heterocycles. The monoisotopic (exact) mass is 246 g/mol. The minimum atomic E-state index is -3.77. The molecule has 0 amide bonds. The summed E-state index contributed by atoms with van der Waals surface area (Å²) in [5.74, 6) is 0. The van der Waals surface area contributed by atoms with Crippen molar-refractivity contribution in [2.45, 2.75) is 51.7 Å². The molecule has 0 atom stereocenters. The Labute approximate surface area is 90.7 Å². The Morgan fingerprint density at radius 1 is 0.938 bits per heavy atom. The molecule has 0 heterocycles. The van der Waals surface area contributed by atoms with Crippen LogP contribution in [0.25, 0.3) is 0 Å². The fourth-order valence-electron chi connectivity index (χ4n) is 0.949. The molecule has 0 fully saturated rings. The largest absolute Gasteiger partial charge is 0.517 e. The summed E-state index contributed by atoms with van der Waals surface area (Å²) in [6.07, 6.45) is -11.0. The highest BCUT2D eigenvalue weighted by Gasteiger charge is 2.39. The van der Waals surface area contributed by atoms with E-state index in [-0.39, 0.29) is 12.8 Å². The second-order valence-corrected chi connectivity index (χ2v) is 3.23. The van der Waals surface area contributed by atoms with Crippen molar-refractivity contribution >= 4 is 6.16 Å². The van der Waals surface area contributed by atoms with Gasteiger partial charge in [0.15, 0.2) is 0 Å². The van der Waals surface area contributed by atoms with Gasteiger partial charge in [0.1, 0.15) is 0 Å². The molecule has 0 aromatic rings. The Bertz CT molecular complexity index is 209. The van der Waals surface area contributed by atoms with Crippen LogP contribution in [0.15, 0.2) is 0 Å². The number of alkyl halides is 4. The third-order valence-corrected chi connectivity index (χ3v) is 1.55. The van der Waals surface area contributed by atoms with Gasteiger partial charge in [-0.1, -0.05) is 13.8 Å². The number of carbonyl (C=O) groups is 1. The maximum atomic E-state index is 12.7. The smallest absolute Gasteiger partial charge is 0.368 e. The van der Waals surface area contributed by atoms with Crippen LogP contribution in [0.5, 0.6) is 0 Å². The van der Waals surface area contributed by atoms with Crippen LogP contribution in [-0.4, -0.2) is 18.4 Å². The van der Waals surface area contributed by atoms with Crippen LogP contribution >= 0.6 is 0 Å². The van der Waals surface area contributed by atoms with Gasteiger partial charge in [0.25, 0.3) is 0 Å². The van der Waals surface area contributed by atoms with Gasteiger partial charge in [-0.2, -0.15) is 17.6 Å². The first-order valence-electron chi connectivity index (χ1n) is 4.90. The van der Waals surface area contributed by atoms with Crippen LogP contribution in [0.1, 0.15) is 39.5 Å². The topological polar surface area (TPSA) is 35.5 Å². The van der Waals surface area contributed by atoms with E-state index in [1.165, 1.54) is 13.8 Å². The first-order valence-corrected chi connectivity index (χ1v) is 4.90. The summed E-state index contributed by atoms with van der Waals surface area (Å²) >= 11 is 0. The summed E-state index contributed by atoms with van der Waals surface area (Å²) in [5, 5.41) is 0. The zero-order valence-electron chi connectivity index (χ0n) is 9.07. The molecule has 0 N–H and O–H groups in total. The lowest BCUT2D eigenvalue weighted by molar-refractivity contribution is -0.259. The van der Waals surface area contributed by atoms with Crippen molar-refractivity contribution in [1.29, 1.82) is 0 Å². The summed E-state index contributed by atoms with van der Waals surface area (Å²) in [7, 11) is 0. The van der Waals surface area contributed by atoms with Crippen LogP contribution in [-0.2, 0) is 9.47 Å². The molecular formula is C9H14F4O3. The Morgan fingerprint density at radius 2 is 1.25 bits per heavy atom. The summed E-state index contributed by atoms with van der Waals surface area (Å²) in [5.41, 5.74) is 0. The fraction of sp³-hybridized carbons (Fsp3) is 0.889. The number of halogens is 4. The predicted octanol–water partition coefficient (Wildman–Crippen LogP) is 3.93. The molecule has 0 rings (SSSR count). The average molecular weight is 246 g/mol. The van der Waals surface area contributed by atoms with E-state index < -0.39 is 31.2 Å². The molecule has 0 unspecified atom stereocenters. The summed E-state index contributed by atoms with van der Waals surface area (Å²) in [6.45, 7) is 2.88. The van der Waals surface area contributed by atoms with Crippen LogP contribution in [0.4, 0.5) is 22.4 Å². The molecule has 0 saturated carbocycles. The van der Waals surface area contributed by atoms with E-state index in [1.807, 2.05) is 0 Å². The summed E-state index contributed by atoms with van der Waals surface area (Å²) < 4.78 is 57.6. The van der Waals surface area contributed by atoms with E-state index >= 15 is 0 Å². The lowest BCUT2D eigenvalue weighted by atomic mass is 10.3. The van der Waals surface area contributed by atoms with Crippen molar-refractivity contribution in [3.05, 3.63) is 0 Å². The third-order valence-electron chi connectivity index (χ3n) is 1.55. The van der Waals surface area contributed by atoms with E-state index in [0.29, 0.717) is 0 Å². The Hall–Kier alpha value is -1.01. The van der Waals surface area contributed by atoms with Gasteiger partial charge in [-0.15, -0.1) is 0 Å². The Kier molecular flexibility index (Phi) is 5.53. The van der Waals surface area contributed by atoms with Gasteiger partial charge in [-0.25, -0.2) is 4.79 Å². The van der Waals surface area contributed by atoms with Crippen LogP contribution in [0, 0.1) is 0 Å². The molecule has 0 aromatic heterocycles. The average Bonchev–Trinajstić information content (AvgIpc) is 1.99. The van der Waals surface area contributed by atoms with Crippen LogP contribution in [0.3, 0.4) is 0 Å². The summed E-state index contributed by atoms with van der Waals surface area (Å²) in [6, 6.07) is 0. The van der Waals surface area contributed by atoms with Gasteiger partial charge in [0, 0.05) is 0 Å². The standard InChI is InChI=1S/C9H14F4O3/c1-3-5-8(10,11)15-7(14)16-9(12,13)6-4-2/h3-6H2,1-2H3. The van der Waals surface area contributed by atoms with Crippen molar-refractivity contribution < 1.29 is 31.8 Å². The highest BCUT2D eigenvalue weighted by molar-refractivity contribution is 5.60. The summed E-state index contributed by atoms with van der Waals surface area (Å²) in [4.78, 5) is 10.6. The normalized spacial score (nSPS) is 12.4. The number of rotatable bonds is 6. The van der Waals surface area contributed by atoms with Gasteiger partial charge in [0.2, 0.25) is 0 Å². The molecular weight excluding hydrogens is 232 g/mol. The van der Waals surface area contributed by atoms with E-state index in [0.717, 1.165) is 0 Å². The molecule has 0 spiro atoms. The maximum absolute atomic E-state index is 12.7. The van der Waals surface area contributed by atoms with Gasteiger partial charge < -0.3 is 9.47 Å². The molecule has 0 bridgehead atoms. The van der Waals surface area contributed by atoms with Crippen molar-refractivity contribution in [3.63, 3.8) is 0 Å². The lowest BCUT2D eigenvalue weighted by Gasteiger charge is -2.19. The molecule has 0 aliphatic carbocycles. The molecule has 7 heteroatoms. The van der Waals surface area contributed by atoms with Crippen molar-refractivity contribution in [2.24, 2.45) is 0 Å². The first kappa shape index (κ1) is 15.0. The van der Waals surface area contributed by atoms with Gasteiger partial charge in [-0.05, 0) is 12.8 Å². The van der Waals surface area contributed by atoms with E-state index in [2.05, 4.69) is 9.47 Å². The van der Waals surface area contributed by atoms with Crippen LogP contribution in [0.2, 0.25) is 0 Å². The predicted molar refractivity (Wildman–Crippen MR) is 47.3 cm³/mol. The number of hydrogen-bond acceptors (Lipinski definition) is 3. The maximum Gasteiger partial charge on any atom is 0.517 e. The van der Waals surface area contributed by atoms with Gasteiger partial charge >= 0.3 is 18.4 Å². The minimum absolute atomic E-state index is 0.0473. The van der Waals surface area contributed by atoms with Crippen LogP contribution < -0.4 is 0 Å². The van der Waals surface area contributed by atoms with Gasteiger partial charge in [-0.3, -0.25) is 0 Å². The first-order chi connectivity index (χ1) is 7.22. The number of carbonyl (C=O) groups excluding carboxylic acids is 1. The van der Waals surface area contributed by atoms with E-state index in [4.69, 9.17) is 0 Å². The SMILES string of the molecule is CCCC(F)(F)OC(=O)OC(F)(F)CCC. The zero-order chi connectivity index (χ0) is 12.8. The van der Waals surface area contributed by atoms with E-state index in [9.17, 15) is 22.4 Å².